The van der Waals surface area contributed by atoms with Crippen LogP contribution in [0.5, 0.6) is 11.1 Å². The number of thiazole rings is 1. The van der Waals surface area contributed by atoms with Crippen LogP contribution in [0, 0.1) is 0 Å². The van der Waals surface area contributed by atoms with Crippen LogP contribution < -0.4 is 15.2 Å². The molecule has 0 fully saturated rings. The molecule has 0 atom stereocenters. The first-order valence-corrected chi connectivity index (χ1v) is 7.49. The van der Waals surface area contributed by atoms with Gasteiger partial charge in [0.15, 0.2) is 5.82 Å². The molecule has 0 aromatic carbocycles. The summed E-state index contributed by atoms with van der Waals surface area (Å²) in [6.45, 7) is 2.20. The summed E-state index contributed by atoms with van der Waals surface area (Å²) < 4.78 is 20.6. The summed E-state index contributed by atoms with van der Waals surface area (Å²) in [6, 6.07) is 0. The van der Waals surface area contributed by atoms with Crippen LogP contribution in [0.2, 0.25) is 0 Å². The smallest absolute Gasteiger partial charge is 0.369 e. The summed E-state index contributed by atoms with van der Waals surface area (Å²) in [5.41, 5.74) is -0.0243. The van der Waals surface area contributed by atoms with E-state index in [0.717, 1.165) is 9.36 Å². The Balaban J connectivity index is 2.00. The molecule has 0 radical (unpaired) electrons. The van der Waals surface area contributed by atoms with Crippen molar-refractivity contribution in [2.45, 2.75) is 13.5 Å². The first-order valence-electron chi connectivity index (χ1n) is 7.11. The number of ether oxygens (including phenoxy) is 2. The van der Waals surface area contributed by atoms with Gasteiger partial charge in [0.05, 0.1) is 13.5 Å². The van der Waals surface area contributed by atoms with Crippen LogP contribution in [0.25, 0.3) is 5.82 Å². The molecule has 0 amide bonds. The van der Waals surface area contributed by atoms with E-state index in [1.54, 1.807) is 5.38 Å². The van der Waals surface area contributed by atoms with Crippen LogP contribution in [-0.2, 0) is 13.7 Å². The van der Waals surface area contributed by atoms with E-state index in [-0.39, 0.29) is 24.5 Å². The van der Waals surface area contributed by atoms with Crippen LogP contribution >= 0.6 is 11.3 Å². The summed E-state index contributed by atoms with van der Waals surface area (Å²) in [5.74, 6) is 0.497. The van der Waals surface area contributed by atoms with Gasteiger partial charge in [0, 0.05) is 18.6 Å². The molecule has 0 unspecified atom stereocenters. The van der Waals surface area contributed by atoms with Gasteiger partial charge in [0.2, 0.25) is 5.88 Å². The van der Waals surface area contributed by atoms with Crippen LogP contribution in [-0.4, -0.2) is 41.3 Å². The second kappa shape index (κ2) is 6.52. The van der Waals surface area contributed by atoms with Gasteiger partial charge in [-0.25, -0.2) is 19.7 Å². The van der Waals surface area contributed by atoms with Crippen molar-refractivity contribution in [3.63, 3.8) is 0 Å². The SMILES string of the molecule is [3H]c1csc(OCc2c(OCC)ncnc2-n2nnn(C)c2=O)n1. The second-order valence-electron chi connectivity index (χ2n) is 4.24. The molecule has 3 aromatic heterocycles. The molecule has 0 N–H and O–H groups in total. The molecule has 0 saturated heterocycles. The Morgan fingerprint density at radius 1 is 1.30 bits per heavy atom. The fraction of sp³-hybridized carbons (Fsp3) is 0.333. The monoisotopic (exact) mass is 337 g/mol. The predicted molar refractivity (Wildman–Crippen MR) is 79.8 cm³/mol. The molecule has 0 bridgehead atoms. The highest BCUT2D eigenvalue weighted by atomic mass is 32.1. The zero-order valence-electron chi connectivity index (χ0n) is 13.3. The molecular formula is C12H13N7O3S. The van der Waals surface area contributed by atoms with Gasteiger partial charge >= 0.3 is 5.69 Å². The maximum atomic E-state index is 12.1. The van der Waals surface area contributed by atoms with Crippen LogP contribution in [0.15, 0.2) is 22.7 Å². The largest absolute Gasteiger partial charge is 0.478 e. The van der Waals surface area contributed by atoms with Crippen LogP contribution in [0.4, 0.5) is 0 Å². The van der Waals surface area contributed by atoms with Crippen molar-refractivity contribution in [2.24, 2.45) is 7.05 Å². The molecule has 0 saturated carbocycles. The van der Waals surface area contributed by atoms with E-state index in [2.05, 4.69) is 25.4 Å². The minimum absolute atomic E-state index is 0.00146. The number of rotatable bonds is 6. The Labute approximate surface area is 135 Å². The van der Waals surface area contributed by atoms with Gasteiger partial charge in [0.1, 0.15) is 12.9 Å². The highest BCUT2D eigenvalue weighted by molar-refractivity contribution is 7.11. The molecule has 23 heavy (non-hydrogen) atoms. The average Bonchev–Trinajstić information content (AvgIpc) is 3.13. The van der Waals surface area contributed by atoms with Gasteiger partial charge in [-0.3, -0.25) is 0 Å². The number of aryl methyl sites for hydroxylation is 1. The minimum atomic E-state index is -0.458. The lowest BCUT2D eigenvalue weighted by Crippen LogP contribution is -2.24. The Hall–Kier alpha value is -2.82. The maximum absolute atomic E-state index is 12.1. The molecule has 10 nitrogen and oxygen atoms in total. The van der Waals surface area contributed by atoms with Gasteiger partial charge in [0.25, 0.3) is 5.19 Å². The quantitative estimate of drug-likeness (QED) is 0.627. The van der Waals surface area contributed by atoms with E-state index in [9.17, 15) is 4.79 Å². The zero-order valence-corrected chi connectivity index (χ0v) is 13.1. The summed E-state index contributed by atoms with van der Waals surface area (Å²) in [4.78, 5) is 24.2. The normalized spacial score (nSPS) is 11.3. The topological polar surface area (TPSA) is 110 Å². The zero-order chi connectivity index (χ0) is 17.1. The molecule has 0 aliphatic heterocycles. The lowest BCUT2D eigenvalue weighted by molar-refractivity contribution is 0.277. The third-order valence-electron chi connectivity index (χ3n) is 2.79. The molecular weight excluding hydrogens is 322 g/mol. The van der Waals surface area contributed by atoms with Crippen molar-refractivity contribution in [2.75, 3.05) is 6.61 Å². The number of tetrazole rings is 1. The van der Waals surface area contributed by atoms with Gasteiger partial charge in [-0.15, -0.1) is 4.68 Å². The molecule has 120 valence electrons. The molecule has 0 aliphatic rings. The minimum Gasteiger partial charge on any atom is -0.478 e. The van der Waals surface area contributed by atoms with E-state index in [0.29, 0.717) is 17.4 Å². The first kappa shape index (κ1) is 13.8. The van der Waals surface area contributed by atoms with Crippen molar-refractivity contribution in [1.82, 2.24) is 34.7 Å². The van der Waals surface area contributed by atoms with Crippen LogP contribution in [0.1, 0.15) is 13.9 Å². The standard InChI is InChI=1S/C12H13N7O3S/c1-3-21-10-8(6-22-11-13-4-5-23-11)9(14-7-15-10)19-12(20)18(2)16-17-19/h4-5,7H,3,6H2,1-2H3/i4T. The fourth-order valence-corrected chi connectivity index (χ4v) is 2.22. The third-order valence-corrected chi connectivity index (χ3v) is 3.43. The highest BCUT2D eigenvalue weighted by Crippen LogP contribution is 2.23. The van der Waals surface area contributed by atoms with Crippen molar-refractivity contribution >= 4 is 11.3 Å². The molecule has 3 rings (SSSR count). The van der Waals surface area contributed by atoms with Crippen molar-refractivity contribution in [3.8, 4) is 16.9 Å². The summed E-state index contributed by atoms with van der Waals surface area (Å²) in [5, 5.41) is 9.32. The Morgan fingerprint density at radius 3 is 2.83 bits per heavy atom. The molecule has 0 aliphatic carbocycles. The predicted octanol–water partition coefficient (Wildman–Crippen LogP) is 0.190. The summed E-state index contributed by atoms with van der Waals surface area (Å²) in [7, 11) is 1.48. The molecule has 0 spiro atoms. The number of nitrogens with zero attached hydrogens (tertiary/aromatic N) is 7. The van der Waals surface area contributed by atoms with E-state index in [1.807, 2.05) is 6.92 Å². The van der Waals surface area contributed by atoms with Crippen molar-refractivity contribution in [3.05, 3.63) is 33.9 Å². The third kappa shape index (κ3) is 3.04. The lowest BCUT2D eigenvalue weighted by Gasteiger charge is -2.11. The second-order valence-corrected chi connectivity index (χ2v) is 5.06. The Kier molecular flexibility index (Phi) is 3.92. The molecule has 3 heterocycles. The number of aromatic nitrogens is 7. The average molecular weight is 337 g/mol. The van der Waals surface area contributed by atoms with Gasteiger partial charge in [-0.05, 0) is 17.4 Å². The first-order chi connectivity index (χ1) is 11.6. The van der Waals surface area contributed by atoms with Gasteiger partial charge in [-0.2, -0.15) is 4.68 Å². The van der Waals surface area contributed by atoms with Gasteiger partial charge < -0.3 is 9.47 Å². The van der Waals surface area contributed by atoms with E-state index < -0.39 is 5.69 Å². The van der Waals surface area contributed by atoms with Gasteiger partial charge in [-0.1, -0.05) is 11.3 Å². The van der Waals surface area contributed by atoms with E-state index in [4.69, 9.17) is 10.8 Å². The molecule has 11 heteroatoms. The lowest BCUT2D eigenvalue weighted by atomic mass is 10.3. The van der Waals surface area contributed by atoms with Crippen molar-refractivity contribution < 1.29 is 10.8 Å². The fourth-order valence-electron chi connectivity index (χ4n) is 1.79. The Morgan fingerprint density at radius 2 is 2.17 bits per heavy atom. The highest BCUT2D eigenvalue weighted by Gasteiger charge is 2.19. The Bertz CT molecular complexity index is 906. The van der Waals surface area contributed by atoms with E-state index >= 15 is 0 Å². The molecule has 3 aromatic rings. The summed E-state index contributed by atoms with van der Waals surface area (Å²) in [6.07, 6.45) is 1.39. The van der Waals surface area contributed by atoms with E-state index in [1.165, 1.54) is 24.7 Å². The summed E-state index contributed by atoms with van der Waals surface area (Å²) >= 11 is 1.19. The van der Waals surface area contributed by atoms with Crippen molar-refractivity contribution in [1.29, 1.82) is 0 Å². The number of hydrogen-bond donors (Lipinski definition) is 0. The van der Waals surface area contributed by atoms with Crippen LogP contribution in [0.3, 0.4) is 0 Å². The number of hydrogen-bond acceptors (Lipinski definition) is 9. The maximum Gasteiger partial charge on any atom is 0.369 e.